The SMILES string of the molecule is COC(=O)[C@@]1(O)CC(=O)N(C)CC/C=C/[C@H](OC)[C@@H]2CC[C@H]2CN2CCCCc3cc(Cl)ccc3COc3ccc1cc32. The summed E-state index contributed by atoms with van der Waals surface area (Å²) in [6.45, 7) is 2.37. The molecule has 4 atom stereocenters. The first-order valence-electron chi connectivity index (χ1n) is 15.3. The zero-order valence-electron chi connectivity index (χ0n) is 25.4. The van der Waals surface area contributed by atoms with E-state index in [1.165, 1.54) is 12.7 Å². The fourth-order valence-corrected chi connectivity index (χ4v) is 6.76. The minimum absolute atomic E-state index is 0.00214. The summed E-state index contributed by atoms with van der Waals surface area (Å²) < 4.78 is 17.5. The fourth-order valence-electron chi connectivity index (χ4n) is 6.57. The first-order chi connectivity index (χ1) is 20.7. The van der Waals surface area contributed by atoms with E-state index in [-0.39, 0.29) is 12.0 Å². The summed E-state index contributed by atoms with van der Waals surface area (Å²) in [7, 11) is 4.67. The van der Waals surface area contributed by atoms with Crippen LogP contribution in [0.4, 0.5) is 5.69 Å². The van der Waals surface area contributed by atoms with Gasteiger partial charge < -0.3 is 29.1 Å². The van der Waals surface area contributed by atoms with Gasteiger partial charge in [0.2, 0.25) is 5.91 Å². The van der Waals surface area contributed by atoms with Crippen LogP contribution >= 0.6 is 11.6 Å². The Morgan fingerprint density at radius 3 is 2.67 bits per heavy atom. The molecule has 2 heterocycles. The van der Waals surface area contributed by atoms with Crippen LogP contribution in [-0.2, 0) is 37.7 Å². The molecule has 0 saturated heterocycles. The number of rotatable bonds is 2. The number of fused-ring (bicyclic) bond motifs is 3. The van der Waals surface area contributed by atoms with Crippen molar-refractivity contribution < 1.29 is 28.9 Å². The maximum atomic E-state index is 13.3. The van der Waals surface area contributed by atoms with Crippen LogP contribution in [0.15, 0.2) is 48.6 Å². The van der Waals surface area contributed by atoms with Gasteiger partial charge >= 0.3 is 5.97 Å². The van der Waals surface area contributed by atoms with E-state index in [1.54, 1.807) is 31.2 Å². The topological polar surface area (TPSA) is 88.5 Å². The normalized spacial score (nSPS) is 27.5. The molecule has 43 heavy (non-hydrogen) atoms. The predicted molar refractivity (Wildman–Crippen MR) is 166 cm³/mol. The number of aliphatic hydroxyl groups is 1. The summed E-state index contributed by atoms with van der Waals surface area (Å²) in [5.41, 5.74) is 1.21. The van der Waals surface area contributed by atoms with Crippen LogP contribution in [0.1, 0.15) is 55.2 Å². The van der Waals surface area contributed by atoms with Crippen LogP contribution in [-0.4, -0.2) is 68.9 Å². The second kappa shape index (κ2) is 13.7. The van der Waals surface area contributed by atoms with Gasteiger partial charge in [-0.2, -0.15) is 0 Å². The average molecular weight is 611 g/mol. The molecule has 9 heteroatoms. The van der Waals surface area contributed by atoms with Gasteiger partial charge in [0, 0.05) is 38.8 Å². The number of aryl methyl sites for hydroxylation is 1. The molecule has 0 aromatic heterocycles. The number of anilines is 1. The number of ether oxygens (including phenoxy) is 3. The third-order valence-electron chi connectivity index (χ3n) is 9.39. The van der Waals surface area contributed by atoms with E-state index in [9.17, 15) is 14.7 Å². The van der Waals surface area contributed by atoms with Crippen molar-refractivity contribution in [1.29, 1.82) is 0 Å². The monoisotopic (exact) mass is 610 g/mol. The molecule has 2 aromatic rings. The van der Waals surface area contributed by atoms with Crippen molar-refractivity contribution in [3.8, 4) is 5.75 Å². The van der Waals surface area contributed by atoms with Crippen LogP contribution < -0.4 is 9.64 Å². The molecule has 2 bridgehead atoms. The quantitative estimate of drug-likeness (QED) is 0.366. The van der Waals surface area contributed by atoms with Crippen LogP contribution in [0.25, 0.3) is 0 Å². The first-order valence-corrected chi connectivity index (χ1v) is 15.6. The van der Waals surface area contributed by atoms with E-state index in [4.69, 9.17) is 25.8 Å². The summed E-state index contributed by atoms with van der Waals surface area (Å²) in [4.78, 5) is 30.3. The molecular formula is C34H43ClN2O6. The van der Waals surface area contributed by atoms with Crippen LogP contribution in [0.2, 0.25) is 5.02 Å². The molecule has 1 fully saturated rings. The number of carbonyl (C=O) groups is 2. The number of esters is 1. The van der Waals surface area contributed by atoms with Crippen molar-refractivity contribution in [2.75, 3.05) is 45.8 Å². The highest BCUT2D eigenvalue weighted by atomic mass is 35.5. The predicted octanol–water partition coefficient (Wildman–Crippen LogP) is 5.27. The van der Waals surface area contributed by atoms with Crippen molar-refractivity contribution in [2.45, 2.75) is 63.3 Å². The lowest BCUT2D eigenvalue weighted by Gasteiger charge is -2.43. The van der Waals surface area contributed by atoms with Gasteiger partial charge in [0.15, 0.2) is 5.60 Å². The van der Waals surface area contributed by atoms with Crippen molar-refractivity contribution >= 4 is 29.2 Å². The van der Waals surface area contributed by atoms with Gasteiger partial charge in [0.05, 0.1) is 25.3 Å². The fraction of sp³-hybridized carbons (Fsp3) is 0.529. The largest absolute Gasteiger partial charge is 0.487 e. The molecular weight excluding hydrogens is 568 g/mol. The Bertz CT molecular complexity index is 1350. The van der Waals surface area contributed by atoms with Crippen LogP contribution in [0, 0.1) is 11.8 Å². The highest BCUT2D eigenvalue weighted by Crippen LogP contribution is 2.42. The van der Waals surface area contributed by atoms with Gasteiger partial charge in [0.25, 0.3) is 0 Å². The summed E-state index contributed by atoms with van der Waals surface area (Å²) in [5, 5.41) is 12.6. The van der Waals surface area contributed by atoms with Gasteiger partial charge in [0.1, 0.15) is 12.4 Å². The molecule has 1 N–H and O–H groups in total. The molecule has 1 aliphatic carbocycles. The van der Waals surface area contributed by atoms with Crippen LogP contribution in [0.3, 0.4) is 0 Å². The molecule has 1 amide bonds. The molecule has 5 rings (SSSR count). The Kier molecular flexibility index (Phi) is 9.99. The smallest absolute Gasteiger partial charge is 0.343 e. The highest BCUT2D eigenvalue weighted by Gasteiger charge is 2.43. The molecule has 0 radical (unpaired) electrons. The number of nitrogens with zero attached hydrogens (tertiary/aromatic N) is 2. The van der Waals surface area contributed by atoms with Crippen molar-refractivity contribution in [3.05, 3.63) is 70.3 Å². The number of benzene rings is 2. The zero-order valence-corrected chi connectivity index (χ0v) is 26.1. The zero-order chi connectivity index (χ0) is 30.6. The molecule has 0 spiro atoms. The van der Waals surface area contributed by atoms with E-state index in [0.29, 0.717) is 47.7 Å². The molecule has 3 aliphatic rings. The molecule has 0 unspecified atom stereocenters. The third-order valence-corrected chi connectivity index (χ3v) is 9.63. The summed E-state index contributed by atoms with van der Waals surface area (Å²) in [5.74, 6) is 0.215. The Morgan fingerprint density at radius 2 is 1.93 bits per heavy atom. The summed E-state index contributed by atoms with van der Waals surface area (Å²) >= 11 is 6.34. The number of carbonyl (C=O) groups excluding carboxylic acids is 2. The highest BCUT2D eigenvalue weighted by molar-refractivity contribution is 6.30. The van der Waals surface area contributed by atoms with Crippen molar-refractivity contribution in [2.24, 2.45) is 11.8 Å². The maximum absolute atomic E-state index is 13.3. The van der Waals surface area contributed by atoms with Gasteiger partial charge in [-0.25, -0.2) is 4.79 Å². The number of hydrogen-bond acceptors (Lipinski definition) is 7. The lowest BCUT2D eigenvalue weighted by Crippen LogP contribution is -2.44. The second-order valence-corrected chi connectivity index (χ2v) is 12.5. The first kappa shape index (κ1) is 31.4. The third kappa shape index (κ3) is 6.87. The number of halogens is 1. The van der Waals surface area contributed by atoms with E-state index in [1.807, 2.05) is 24.3 Å². The summed E-state index contributed by atoms with van der Waals surface area (Å²) in [6, 6.07) is 11.2. The Morgan fingerprint density at radius 1 is 1.09 bits per heavy atom. The summed E-state index contributed by atoms with van der Waals surface area (Å²) in [6.07, 6.45) is 9.39. The number of hydrogen-bond donors (Lipinski definition) is 1. The number of methoxy groups -OCH3 is 2. The molecule has 2 aromatic carbocycles. The maximum Gasteiger partial charge on any atom is 0.343 e. The molecule has 2 aliphatic heterocycles. The van der Waals surface area contributed by atoms with Gasteiger partial charge in [-0.05, 0) is 91.3 Å². The standard InChI is InChI=1S/C34H43ClN2O6/c1-36-16-6-5-9-30(41-2)28-14-11-24(28)21-37-17-7-4-8-23-18-27(35)13-10-25(23)22-43-31-15-12-26(19-29(31)37)34(40,20-32(36)38)33(39)42-3/h5,9-10,12-13,15,18-19,24,28,30,40H,4,6-8,11,14,16-17,20-22H2,1-3H3/b9-5+/t24-,28+,30-,34+/m0/s1. The van der Waals surface area contributed by atoms with Crippen LogP contribution in [0.5, 0.6) is 5.75 Å². The number of amides is 1. The lowest BCUT2D eigenvalue weighted by molar-refractivity contribution is -0.168. The van der Waals surface area contributed by atoms with E-state index in [0.717, 1.165) is 56.4 Å². The van der Waals surface area contributed by atoms with Crippen molar-refractivity contribution in [3.63, 3.8) is 0 Å². The van der Waals surface area contributed by atoms with E-state index in [2.05, 4.69) is 17.1 Å². The Hall–Kier alpha value is -3.07. The van der Waals surface area contributed by atoms with Gasteiger partial charge in [-0.15, -0.1) is 0 Å². The Labute approximate surface area is 259 Å². The molecule has 1 saturated carbocycles. The minimum atomic E-state index is -2.15. The van der Waals surface area contributed by atoms with Gasteiger partial charge in [-0.1, -0.05) is 35.9 Å². The second-order valence-electron chi connectivity index (χ2n) is 12.0. The lowest BCUT2D eigenvalue weighted by atomic mass is 9.70. The van der Waals surface area contributed by atoms with E-state index < -0.39 is 18.0 Å². The van der Waals surface area contributed by atoms with Crippen molar-refractivity contribution in [1.82, 2.24) is 4.90 Å². The minimum Gasteiger partial charge on any atom is -0.487 e. The molecule has 8 nitrogen and oxygen atoms in total. The van der Waals surface area contributed by atoms with E-state index >= 15 is 0 Å². The average Bonchev–Trinajstić information content (AvgIpc) is 3.02. The van der Waals surface area contributed by atoms with Gasteiger partial charge in [-0.3, -0.25) is 4.79 Å². The Balaban J connectivity index is 1.60. The molecule has 232 valence electrons.